The summed E-state index contributed by atoms with van der Waals surface area (Å²) in [6.07, 6.45) is -0.937. The van der Waals surface area contributed by atoms with Crippen LogP contribution in [0.15, 0.2) is 42.5 Å². The first kappa shape index (κ1) is 17.5. The molecule has 0 radical (unpaired) electrons. The fourth-order valence-electron chi connectivity index (χ4n) is 2.19. The van der Waals surface area contributed by atoms with E-state index in [0.717, 1.165) is 18.2 Å². The zero-order valence-electron chi connectivity index (χ0n) is 12.4. The van der Waals surface area contributed by atoms with E-state index in [1.54, 1.807) is 0 Å². The molecule has 0 saturated carbocycles. The number of amides is 1. The normalized spacial score (nSPS) is 11.8. The molecule has 7 heteroatoms. The first-order chi connectivity index (χ1) is 11.4. The van der Waals surface area contributed by atoms with Crippen LogP contribution in [0.3, 0.4) is 0 Å². The van der Waals surface area contributed by atoms with Gasteiger partial charge in [0.2, 0.25) is 5.91 Å². The number of rotatable bonds is 6. The molecule has 0 fully saturated rings. The van der Waals surface area contributed by atoms with Crippen molar-refractivity contribution in [2.75, 3.05) is 0 Å². The van der Waals surface area contributed by atoms with E-state index >= 15 is 0 Å². The lowest BCUT2D eigenvalue weighted by Crippen LogP contribution is -2.43. The van der Waals surface area contributed by atoms with Gasteiger partial charge in [-0.15, -0.1) is 0 Å². The van der Waals surface area contributed by atoms with Gasteiger partial charge in [-0.25, -0.2) is 18.0 Å². The second kappa shape index (κ2) is 7.63. The van der Waals surface area contributed by atoms with E-state index in [-0.39, 0.29) is 12.0 Å². The summed E-state index contributed by atoms with van der Waals surface area (Å²) in [5.41, 5.74) is -0.340. The van der Waals surface area contributed by atoms with Crippen LogP contribution in [0.5, 0.6) is 0 Å². The molecule has 2 N–H and O–H groups in total. The number of hydrogen-bond acceptors (Lipinski definition) is 2. The summed E-state index contributed by atoms with van der Waals surface area (Å²) in [6, 6.07) is 7.30. The molecule has 0 spiro atoms. The lowest BCUT2D eigenvalue weighted by Gasteiger charge is -2.15. The van der Waals surface area contributed by atoms with Crippen LogP contribution in [-0.2, 0) is 22.4 Å². The first-order valence-electron chi connectivity index (χ1n) is 7.07. The Hall–Kier alpha value is -2.83. The van der Waals surface area contributed by atoms with E-state index in [1.165, 1.54) is 24.3 Å². The van der Waals surface area contributed by atoms with Gasteiger partial charge in [-0.2, -0.15) is 0 Å². The molecule has 1 atom stereocenters. The third-order valence-corrected chi connectivity index (χ3v) is 3.41. The van der Waals surface area contributed by atoms with Crippen LogP contribution < -0.4 is 5.32 Å². The summed E-state index contributed by atoms with van der Waals surface area (Å²) >= 11 is 0. The second-order valence-electron chi connectivity index (χ2n) is 5.13. The van der Waals surface area contributed by atoms with E-state index in [1.807, 2.05) is 0 Å². The van der Waals surface area contributed by atoms with Gasteiger partial charge in [-0.3, -0.25) is 4.79 Å². The van der Waals surface area contributed by atoms with Crippen LogP contribution in [0.2, 0.25) is 0 Å². The Kier molecular flexibility index (Phi) is 5.57. The standard InChI is InChI=1S/C17H14F3NO3/c18-12-5-2-1-4-10(12)8-15(17(23)24)21-16(22)9-11-13(19)6-3-7-14(11)20/h1-7,15H,8-9H2,(H,21,22)(H,23,24)/t15-/m1/s1. The van der Waals surface area contributed by atoms with E-state index < -0.39 is 47.4 Å². The molecule has 0 bridgehead atoms. The highest BCUT2D eigenvalue weighted by Crippen LogP contribution is 2.13. The van der Waals surface area contributed by atoms with Gasteiger partial charge in [-0.1, -0.05) is 24.3 Å². The smallest absolute Gasteiger partial charge is 0.326 e. The van der Waals surface area contributed by atoms with Gasteiger partial charge in [0.1, 0.15) is 23.5 Å². The van der Waals surface area contributed by atoms with Crippen molar-refractivity contribution in [2.45, 2.75) is 18.9 Å². The zero-order chi connectivity index (χ0) is 17.7. The Labute approximate surface area is 135 Å². The molecule has 0 aliphatic heterocycles. The Morgan fingerprint density at radius 3 is 2.12 bits per heavy atom. The summed E-state index contributed by atoms with van der Waals surface area (Å²) in [6.45, 7) is 0. The van der Waals surface area contributed by atoms with Crippen LogP contribution in [0.4, 0.5) is 13.2 Å². The van der Waals surface area contributed by atoms with Gasteiger partial charge in [0.05, 0.1) is 6.42 Å². The number of aliphatic carboxylic acids is 1. The molecule has 0 aromatic heterocycles. The molecular weight excluding hydrogens is 323 g/mol. The average molecular weight is 337 g/mol. The first-order valence-corrected chi connectivity index (χ1v) is 7.07. The molecule has 0 aliphatic carbocycles. The number of halogens is 3. The minimum atomic E-state index is -1.41. The third kappa shape index (κ3) is 4.34. The van der Waals surface area contributed by atoms with E-state index in [0.29, 0.717) is 0 Å². The maximum Gasteiger partial charge on any atom is 0.326 e. The highest BCUT2D eigenvalue weighted by Gasteiger charge is 2.23. The van der Waals surface area contributed by atoms with Crippen molar-refractivity contribution in [1.82, 2.24) is 5.32 Å². The summed E-state index contributed by atoms with van der Waals surface area (Å²) in [7, 11) is 0. The summed E-state index contributed by atoms with van der Waals surface area (Å²) in [5.74, 6) is -4.64. The summed E-state index contributed by atoms with van der Waals surface area (Å²) in [5, 5.41) is 11.3. The molecule has 24 heavy (non-hydrogen) atoms. The molecule has 0 unspecified atom stereocenters. The molecule has 0 aliphatic rings. The van der Waals surface area contributed by atoms with Gasteiger partial charge in [-0.05, 0) is 23.8 Å². The molecule has 2 rings (SSSR count). The van der Waals surface area contributed by atoms with Crippen LogP contribution in [-0.4, -0.2) is 23.0 Å². The number of carboxylic acids is 1. The predicted octanol–water partition coefficient (Wildman–Crippen LogP) is 2.46. The van der Waals surface area contributed by atoms with Crippen molar-refractivity contribution in [3.8, 4) is 0 Å². The maximum atomic E-state index is 13.6. The Bertz CT molecular complexity index is 744. The minimum absolute atomic E-state index is 0.113. The highest BCUT2D eigenvalue weighted by molar-refractivity contribution is 5.85. The van der Waals surface area contributed by atoms with Crippen molar-refractivity contribution >= 4 is 11.9 Å². The van der Waals surface area contributed by atoms with Gasteiger partial charge in [0, 0.05) is 12.0 Å². The second-order valence-corrected chi connectivity index (χ2v) is 5.13. The van der Waals surface area contributed by atoms with Gasteiger partial charge in [0.25, 0.3) is 0 Å². The summed E-state index contributed by atoms with van der Waals surface area (Å²) in [4.78, 5) is 23.2. The summed E-state index contributed by atoms with van der Waals surface area (Å²) < 4.78 is 40.6. The predicted molar refractivity (Wildman–Crippen MR) is 79.7 cm³/mol. The van der Waals surface area contributed by atoms with Crippen LogP contribution >= 0.6 is 0 Å². The van der Waals surface area contributed by atoms with Crippen molar-refractivity contribution in [2.24, 2.45) is 0 Å². The van der Waals surface area contributed by atoms with Crippen LogP contribution in [0.25, 0.3) is 0 Å². The number of carbonyl (C=O) groups excluding carboxylic acids is 1. The Morgan fingerprint density at radius 1 is 0.958 bits per heavy atom. The molecule has 0 saturated heterocycles. The maximum absolute atomic E-state index is 13.6. The lowest BCUT2D eigenvalue weighted by molar-refractivity contribution is -0.141. The number of carbonyl (C=O) groups is 2. The monoisotopic (exact) mass is 337 g/mol. The van der Waals surface area contributed by atoms with Crippen molar-refractivity contribution in [3.05, 3.63) is 71.0 Å². The van der Waals surface area contributed by atoms with E-state index in [9.17, 15) is 22.8 Å². The van der Waals surface area contributed by atoms with E-state index in [2.05, 4.69) is 5.32 Å². The lowest BCUT2D eigenvalue weighted by atomic mass is 10.0. The SMILES string of the molecule is O=C(Cc1c(F)cccc1F)N[C@H](Cc1ccccc1F)C(=O)O. The fraction of sp³-hybridized carbons (Fsp3) is 0.176. The van der Waals surface area contributed by atoms with Gasteiger partial charge >= 0.3 is 5.97 Å². The van der Waals surface area contributed by atoms with Crippen LogP contribution in [0.1, 0.15) is 11.1 Å². The van der Waals surface area contributed by atoms with Crippen molar-refractivity contribution in [1.29, 1.82) is 0 Å². The van der Waals surface area contributed by atoms with Gasteiger partial charge in [0.15, 0.2) is 0 Å². The topological polar surface area (TPSA) is 66.4 Å². The number of benzene rings is 2. The number of hydrogen-bond donors (Lipinski definition) is 2. The average Bonchev–Trinajstić information content (AvgIpc) is 2.52. The molecule has 0 heterocycles. The largest absolute Gasteiger partial charge is 0.480 e. The molecule has 2 aromatic carbocycles. The third-order valence-electron chi connectivity index (χ3n) is 3.41. The Morgan fingerprint density at radius 2 is 1.54 bits per heavy atom. The van der Waals surface area contributed by atoms with Crippen LogP contribution in [0, 0.1) is 17.5 Å². The molecule has 126 valence electrons. The molecule has 1 amide bonds. The van der Waals surface area contributed by atoms with Gasteiger partial charge < -0.3 is 10.4 Å². The Balaban J connectivity index is 2.09. The zero-order valence-corrected chi connectivity index (χ0v) is 12.4. The van der Waals surface area contributed by atoms with Crippen molar-refractivity contribution in [3.63, 3.8) is 0 Å². The number of carboxylic acid groups (broad SMARTS) is 1. The highest BCUT2D eigenvalue weighted by atomic mass is 19.1. The molecule has 2 aromatic rings. The van der Waals surface area contributed by atoms with Crippen molar-refractivity contribution < 1.29 is 27.9 Å². The minimum Gasteiger partial charge on any atom is -0.480 e. The molecule has 4 nitrogen and oxygen atoms in total. The fourth-order valence-corrected chi connectivity index (χ4v) is 2.19. The number of nitrogens with one attached hydrogen (secondary N) is 1. The van der Waals surface area contributed by atoms with E-state index in [4.69, 9.17) is 5.11 Å². The quantitative estimate of drug-likeness (QED) is 0.851. The molecular formula is C17H14F3NO3.